The van der Waals surface area contributed by atoms with Gasteiger partial charge in [-0.1, -0.05) is 13.8 Å². The molecule has 1 heterocycles. The van der Waals surface area contributed by atoms with Gasteiger partial charge in [0, 0.05) is 26.7 Å². The Hall–Kier alpha value is -0.390. The van der Waals surface area contributed by atoms with E-state index in [1.807, 2.05) is 0 Å². The molecule has 0 aliphatic carbocycles. The van der Waals surface area contributed by atoms with Crippen molar-refractivity contribution in [2.45, 2.75) is 19.3 Å². The highest BCUT2D eigenvalue weighted by Crippen LogP contribution is 2.30. The maximum atomic E-state index is 10.6. The maximum absolute atomic E-state index is 10.6. The number of hydrogen-bond acceptors (Lipinski definition) is 3. The van der Waals surface area contributed by atoms with E-state index in [1.165, 1.54) is 4.88 Å². The molecule has 0 saturated heterocycles. The number of rotatable bonds is 5. The summed E-state index contributed by atoms with van der Waals surface area (Å²) in [5.41, 5.74) is 5.08. The average Bonchev–Trinajstić information content (AvgIpc) is 2.51. The predicted octanol–water partition coefficient (Wildman–Crippen LogP) is 1.86. The van der Waals surface area contributed by atoms with Crippen LogP contribution in [0, 0.1) is 0 Å². The van der Waals surface area contributed by atoms with Crippen LogP contribution < -0.4 is 11.1 Å². The van der Waals surface area contributed by atoms with Crippen LogP contribution in [0.3, 0.4) is 0 Å². The minimum absolute atomic E-state index is 0.0200. The number of halogens is 1. The Morgan fingerprint density at radius 1 is 1.67 bits per heavy atom. The number of nitrogens with one attached hydrogen (secondary N) is 1. The molecule has 0 fully saturated rings. The second-order valence-electron chi connectivity index (χ2n) is 4.08. The maximum Gasteiger partial charge on any atom is 0.231 e. The molecule has 3 nitrogen and oxygen atoms in total. The zero-order chi connectivity index (χ0) is 11.5. The normalized spacial score (nSPS) is 11.7. The molecule has 1 aromatic rings. The summed E-state index contributed by atoms with van der Waals surface area (Å²) in [6.45, 7) is 5.25. The molecule has 1 aromatic heterocycles. The van der Waals surface area contributed by atoms with Gasteiger partial charge in [0.1, 0.15) is 0 Å². The Kier molecular flexibility index (Phi) is 4.31. The minimum Gasteiger partial charge on any atom is -0.369 e. The smallest absolute Gasteiger partial charge is 0.231 e. The van der Waals surface area contributed by atoms with Crippen LogP contribution in [0.4, 0.5) is 0 Å². The number of primary amides is 1. The summed E-state index contributed by atoms with van der Waals surface area (Å²) in [5, 5.41) is 5.11. The molecule has 84 valence electrons. The van der Waals surface area contributed by atoms with E-state index in [1.54, 1.807) is 11.3 Å². The third kappa shape index (κ3) is 3.93. The van der Waals surface area contributed by atoms with Crippen molar-refractivity contribution in [3.63, 3.8) is 0 Å². The Labute approximate surface area is 102 Å². The molecule has 0 spiro atoms. The lowest BCUT2D eigenvalue weighted by atomic mass is 9.91. The lowest BCUT2D eigenvalue weighted by molar-refractivity contribution is -0.117. The first-order chi connectivity index (χ1) is 6.92. The largest absolute Gasteiger partial charge is 0.369 e. The molecule has 0 unspecified atom stereocenters. The van der Waals surface area contributed by atoms with Crippen molar-refractivity contribution in [3.05, 3.63) is 20.8 Å². The molecule has 1 amide bonds. The van der Waals surface area contributed by atoms with Crippen LogP contribution in [-0.2, 0) is 10.2 Å². The quantitative estimate of drug-likeness (QED) is 0.870. The number of nitrogens with two attached hydrogens (primary N) is 1. The van der Waals surface area contributed by atoms with Gasteiger partial charge in [-0.15, -0.1) is 11.3 Å². The van der Waals surface area contributed by atoms with Gasteiger partial charge in [-0.3, -0.25) is 4.79 Å². The summed E-state index contributed by atoms with van der Waals surface area (Å²) in [4.78, 5) is 11.9. The van der Waals surface area contributed by atoms with Crippen LogP contribution in [0.1, 0.15) is 18.7 Å². The van der Waals surface area contributed by atoms with Crippen molar-refractivity contribution < 1.29 is 4.79 Å². The number of thiophene rings is 1. The zero-order valence-corrected chi connectivity index (χ0v) is 11.2. The van der Waals surface area contributed by atoms with Crippen molar-refractivity contribution in [2.24, 2.45) is 5.73 Å². The molecule has 0 aliphatic rings. The Morgan fingerprint density at radius 3 is 2.80 bits per heavy atom. The summed E-state index contributed by atoms with van der Waals surface area (Å²) in [6, 6.07) is 2.11. The van der Waals surface area contributed by atoms with E-state index in [4.69, 9.17) is 5.73 Å². The molecule has 15 heavy (non-hydrogen) atoms. The first-order valence-corrected chi connectivity index (χ1v) is 6.32. The molecule has 5 heteroatoms. The van der Waals surface area contributed by atoms with Gasteiger partial charge >= 0.3 is 0 Å². The lowest BCUT2D eigenvalue weighted by Crippen LogP contribution is -2.37. The first-order valence-electron chi connectivity index (χ1n) is 4.65. The van der Waals surface area contributed by atoms with Crippen LogP contribution in [0.5, 0.6) is 0 Å². The SMILES string of the molecule is CC(C)(CNCC(N)=O)c1cc(Br)cs1. The Morgan fingerprint density at radius 2 is 2.33 bits per heavy atom. The van der Waals surface area contributed by atoms with Gasteiger partial charge in [0.25, 0.3) is 0 Å². The fourth-order valence-electron chi connectivity index (χ4n) is 1.25. The standard InChI is InChI=1S/C10H15BrN2OS/c1-10(2,6-13-4-9(12)14)8-3-7(11)5-15-8/h3,5,13H,4,6H2,1-2H3,(H2,12,14). The van der Waals surface area contributed by atoms with Crippen molar-refractivity contribution in [3.8, 4) is 0 Å². The Bertz CT molecular complexity index is 349. The topological polar surface area (TPSA) is 55.1 Å². The van der Waals surface area contributed by atoms with Gasteiger partial charge < -0.3 is 11.1 Å². The molecular weight excluding hydrogens is 276 g/mol. The number of amides is 1. The third-order valence-electron chi connectivity index (χ3n) is 2.10. The Balaban J connectivity index is 2.55. The number of carbonyl (C=O) groups is 1. The molecule has 3 N–H and O–H groups in total. The van der Waals surface area contributed by atoms with Gasteiger partial charge in [-0.05, 0) is 22.0 Å². The monoisotopic (exact) mass is 290 g/mol. The van der Waals surface area contributed by atoms with Gasteiger partial charge in [0.2, 0.25) is 5.91 Å². The van der Waals surface area contributed by atoms with Crippen LogP contribution in [0.25, 0.3) is 0 Å². The van der Waals surface area contributed by atoms with E-state index in [2.05, 4.69) is 46.5 Å². The number of carbonyl (C=O) groups excluding carboxylic acids is 1. The van der Waals surface area contributed by atoms with E-state index < -0.39 is 0 Å². The van der Waals surface area contributed by atoms with Gasteiger partial charge in [-0.25, -0.2) is 0 Å². The van der Waals surface area contributed by atoms with E-state index in [0.717, 1.165) is 11.0 Å². The molecule has 0 bridgehead atoms. The fraction of sp³-hybridized carbons (Fsp3) is 0.500. The van der Waals surface area contributed by atoms with Crippen LogP contribution in [0.2, 0.25) is 0 Å². The molecular formula is C10H15BrN2OS. The minimum atomic E-state index is -0.321. The molecule has 0 radical (unpaired) electrons. The van der Waals surface area contributed by atoms with Gasteiger partial charge in [0.15, 0.2) is 0 Å². The molecule has 0 saturated carbocycles. The second-order valence-corrected chi connectivity index (χ2v) is 5.91. The van der Waals surface area contributed by atoms with E-state index in [0.29, 0.717) is 0 Å². The molecule has 0 aromatic carbocycles. The highest BCUT2D eigenvalue weighted by Gasteiger charge is 2.22. The second kappa shape index (κ2) is 5.09. The van der Waals surface area contributed by atoms with Crippen molar-refractivity contribution >= 4 is 33.2 Å². The van der Waals surface area contributed by atoms with E-state index in [-0.39, 0.29) is 17.9 Å². The van der Waals surface area contributed by atoms with E-state index in [9.17, 15) is 4.79 Å². The van der Waals surface area contributed by atoms with Crippen molar-refractivity contribution in [1.29, 1.82) is 0 Å². The fourth-order valence-corrected chi connectivity index (χ4v) is 2.81. The summed E-state index contributed by atoms with van der Waals surface area (Å²) >= 11 is 5.14. The van der Waals surface area contributed by atoms with Crippen molar-refractivity contribution in [2.75, 3.05) is 13.1 Å². The van der Waals surface area contributed by atoms with Crippen LogP contribution >= 0.6 is 27.3 Å². The lowest BCUT2D eigenvalue weighted by Gasteiger charge is -2.23. The van der Waals surface area contributed by atoms with Crippen LogP contribution in [-0.4, -0.2) is 19.0 Å². The zero-order valence-electron chi connectivity index (χ0n) is 8.84. The van der Waals surface area contributed by atoms with Gasteiger partial charge in [-0.2, -0.15) is 0 Å². The molecule has 0 atom stereocenters. The van der Waals surface area contributed by atoms with Gasteiger partial charge in [0.05, 0.1) is 6.54 Å². The van der Waals surface area contributed by atoms with E-state index >= 15 is 0 Å². The summed E-state index contributed by atoms with van der Waals surface area (Å²) in [6.07, 6.45) is 0. The average molecular weight is 291 g/mol. The molecule has 1 rings (SSSR count). The third-order valence-corrected chi connectivity index (χ3v) is 4.16. The van der Waals surface area contributed by atoms with Crippen molar-refractivity contribution in [1.82, 2.24) is 5.32 Å². The summed E-state index contributed by atoms with van der Waals surface area (Å²) in [5.74, 6) is -0.321. The predicted molar refractivity (Wildman–Crippen MR) is 67.1 cm³/mol. The summed E-state index contributed by atoms with van der Waals surface area (Å²) < 4.78 is 1.10. The highest BCUT2D eigenvalue weighted by molar-refractivity contribution is 9.10. The number of hydrogen-bond donors (Lipinski definition) is 2. The summed E-state index contributed by atoms with van der Waals surface area (Å²) in [7, 11) is 0. The van der Waals surface area contributed by atoms with Crippen LogP contribution in [0.15, 0.2) is 15.9 Å². The highest BCUT2D eigenvalue weighted by atomic mass is 79.9. The first kappa shape index (κ1) is 12.7. The molecule has 0 aliphatic heterocycles.